The number of imidazole rings is 1. The van der Waals surface area contributed by atoms with Crippen LogP contribution >= 0.6 is 0 Å². The summed E-state index contributed by atoms with van der Waals surface area (Å²) >= 11 is 0. The van der Waals surface area contributed by atoms with Crippen molar-refractivity contribution in [3.8, 4) is 0 Å². The van der Waals surface area contributed by atoms with Crippen molar-refractivity contribution in [2.24, 2.45) is 5.92 Å². The normalized spacial score (nSPS) is 22.8. The predicted molar refractivity (Wildman–Crippen MR) is 140 cm³/mol. The molecule has 3 aromatic rings. The van der Waals surface area contributed by atoms with E-state index >= 15 is 0 Å². The van der Waals surface area contributed by atoms with Crippen LogP contribution in [0.5, 0.6) is 0 Å². The largest absolute Gasteiger partial charge is 0.469 e. The molecule has 1 aromatic heterocycles. The Hall–Kier alpha value is -3.35. The Morgan fingerprint density at radius 1 is 1.08 bits per heavy atom. The minimum atomic E-state index is -0.916. The summed E-state index contributed by atoms with van der Waals surface area (Å²) in [6.45, 7) is 4.19. The summed E-state index contributed by atoms with van der Waals surface area (Å²) in [5.74, 6) is 1.08. The molecule has 1 unspecified atom stereocenters. The van der Waals surface area contributed by atoms with Gasteiger partial charge in [0.2, 0.25) is 0 Å². The van der Waals surface area contributed by atoms with Crippen LogP contribution in [0.2, 0.25) is 0 Å². The number of ether oxygens (including phenoxy) is 1. The molecule has 1 amide bonds. The van der Waals surface area contributed by atoms with Gasteiger partial charge in [0.1, 0.15) is 5.82 Å². The first kappa shape index (κ1) is 24.3. The summed E-state index contributed by atoms with van der Waals surface area (Å²) < 4.78 is 7.41. The number of rotatable bonds is 5. The number of hydrogen-bond donors (Lipinski definition) is 1. The topological polar surface area (TPSA) is 84.7 Å². The van der Waals surface area contributed by atoms with Gasteiger partial charge in [-0.2, -0.15) is 0 Å². The van der Waals surface area contributed by atoms with E-state index < -0.39 is 6.09 Å². The third-order valence-corrected chi connectivity index (χ3v) is 8.11. The second kappa shape index (κ2) is 9.96. The monoisotopic (exact) mass is 489 g/mol. The number of carboxylic acid groups (broad SMARTS) is 1. The summed E-state index contributed by atoms with van der Waals surface area (Å²) in [5, 5.41) is 9.90. The standard InChI is InChI=1S/C29H35N3O4/c1-18(17-20-7-5-4-6-8-20)27-30-26-23-14-9-19(2)31(29(34)35)24(23)15-16-25(26)32(27)22-12-10-21(11-13-22)28(33)36-3/h4-8,15-16,18-19,21-22H,9-14,17H2,1-3H3,(H,34,35)/t18?,19-,21-,22-/m0/s1. The number of amides is 1. The predicted octanol–water partition coefficient (Wildman–Crippen LogP) is 6.11. The number of hydrogen-bond acceptors (Lipinski definition) is 4. The van der Waals surface area contributed by atoms with Gasteiger partial charge in [-0.1, -0.05) is 37.3 Å². The molecule has 1 aliphatic heterocycles. The number of benzene rings is 2. The quantitative estimate of drug-likeness (QED) is 0.437. The lowest BCUT2D eigenvalue weighted by molar-refractivity contribution is -0.146. The Labute approximate surface area is 212 Å². The fourth-order valence-electron chi connectivity index (χ4n) is 6.23. The maximum absolute atomic E-state index is 12.1. The molecule has 0 bridgehead atoms. The molecule has 2 atom stereocenters. The highest BCUT2D eigenvalue weighted by atomic mass is 16.5. The molecular formula is C29H35N3O4. The van der Waals surface area contributed by atoms with Crippen molar-refractivity contribution in [2.75, 3.05) is 12.0 Å². The molecule has 0 radical (unpaired) electrons. The van der Waals surface area contributed by atoms with Crippen molar-refractivity contribution in [3.63, 3.8) is 0 Å². The van der Waals surface area contributed by atoms with Crippen LogP contribution < -0.4 is 4.90 Å². The molecule has 0 spiro atoms. The lowest BCUT2D eigenvalue weighted by Gasteiger charge is -2.33. The highest BCUT2D eigenvalue weighted by Crippen LogP contribution is 2.41. The summed E-state index contributed by atoms with van der Waals surface area (Å²) in [5.41, 5.74) is 5.06. The SMILES string of the molecule is COC(=O)[C@H]1CC[C@H](n2c(C(C)Cc3ccccc3)nc3c4c(ccc32)N(C(=O)O)[C@@H](C)CC4)CC1. The Morgan fingerprint density at radius 3 is 2.47 bits per heavy atom. The van der Waals surface area contributed by atoms with Crippen molar-refractivity contribution >= 4 is 28.8 Å². The van der Waals surface area contributed by atoms with Gasteiger partial charge in [-0.3, -0.25) is 9.69 Å². The molecule has 0 saturated heterocycles. The van der Waals surface area contributed by atoms with Gasteiger partial charge in [0.15, 0.2) is 0 Å². The number of esters is 1. The molecule has 2 heterocycles. The molecule has 1 N–H and O–H groups in total. The van der Waals surface area contributed by atoms with Crippen LogP contribution in [0.1, 0.15) is 74.9 Å². The van der Waals surface area contributed by atoms with Crippen molar-refractivity contribution < 1.29 is 19.4 Å². The Bertz CT molecular complexity index is 1260. The van der Waals surface area contributed by atoms with Crippen LogP contribution in [0.15, 0.2) is 42.5 Å². The van der Waals surface area contributed by atoms with E-state index in [9.17, 15) is 14.7 Å². The van der Waals surface area contributed by atoms with Crippen LogP contribution in [0.25, 0.3) is 11.0 Å². The van der Waals surface area contributed by atoms with Crippen LogP contribution in [0.4, 0.5) is 10.5 Å². The van der Waals surface area contributed by atoms with E-state index in [1.54, 1.807) is 0 Å². The van der Waals surface area contributed by atoms with Gasteiger partial charge in [0.25, 0.3) is 0 Å². The molecule has 2 aliphatic rings. The lowest BCUT2D eigenvalue weighted by atomic mass is 9.85. The van der Waals surface area contributed by atoms with Crippen molar-refractivity contribution in [2.45, 2.75) is 76.8 Å². The molecule has 1 fully saturated rings. The number of aromatic nitrogens is 2. The van der Waals surface area contributed by atoms with Crippen LogP contribution in [-0.4, -0.2) is 39.9 Å². The van der Waals surface area contributed by atoms with E-state index in [4.69, 9.17) is 9.72 Å². The number of anilines is 1. The van der Waals surface area contributed by atoms with E-state index in [1.807, 2.05) is 19.1 Å². The van der Waals surface area contributed by atoms with Crippen molar-refractivity contribution in [3.05, 3.63) is 59.4 Å². The van der Waals surface area contributed by atoms with Gasteiger partial charge in [-0.05, 0) is 69.6 Å². The highest BCUT2D eigenvalue weighted by Gasteiger charge is 2.34. The Kier molecular flexibility index (Phi) is 6.73. The fraction of sp³-hybridized carbons (Fsp3) is 0.483. The number of nitrogens with zero attached hydrogens (tertiary/aromatic N) is 3. The minimum Gasteiger partial charge on any atom is -0.469 e. The van der Waals surface area contributed by atoms with Gasteiger partial charge >= 0.3 is 12.1 Å². The summed E-state index contributed by atoms with van der Waals surface area (Å²) in [6.07, 6.45) is 4.96. The van der Waals surface area contributed by atoms with E-state index in [1.165, 1.54) is 17.6 Å². The average Bonchev–Trinajstić information content (AvgIpc) is 3.28. The van der Waals surface area contributed by atoms with Gasteiger partial charge < -0.3 is 14.4 Å². The molecule has 2 aromatic carbocycles. The number of carbonyl (C=O) groups excluding carboxylic acids is 1. The van der Waals surface area contributed by atoms with E-state index in [0.29, 0.717) is 0 Å². The lowest BCUT2D eigenvalue weighted by Crippen LogP contribution is -2.41. The maximum Gasteiger partial charge on any atom is 0.412 e. The van der Waals surface area contributed by atoms with Crippen molar-refractivity contribution in [1.82, 2.24) is 9.55 Å². The van der Waals surface area contributed by atoms with E-state index in [2.05, 4.69) is 41.8 Å². The van der Waals surface area contributed by atoms with E-state index in [0.717, 1.165) is 73.1 Å². The second-order valence-electron chi connectivity index (χ2n) is 10.4. The molecule has 5 rings (SSSR count). The van der Waals surface area contributed by atoms with E-state index in [-0.39, 0.29) is 29.9 Å². The van der Waals surface area contributed by atoms with Gasteiger partial charge in [0.05, 0.1) is 29.7 Å². The van der Waals surface area contributed by atoms with Crippen molar-refractivity contribution in [1.29, 1.82) is 0 Å². The second-order valence-corrected chi connectivity index (χ2v) is 10.4. The maximum atomic E-state index is 12.1. The molecule has 7 heteroatoms. The number of methoxy groups -OCH3 is 1. The number of aryl methyl sites for hydroxylation is 1. The zero-order valence-electron chi connectivity index (χ0n) is 21.3. The zero-order chi connectivity index (χ0) is 25.4. The molecule has 1 aliphatic carbocycles. The highest BCUT2D eigenvalue weighted by molar-refractivity contribution is 5.94. The summed E-state index contributed by atoms with van der Waals surface area (Å²) in [7, 11) is 1.46. The molecule has 190 valence electrons. The first-order valence-electron chi connectivity index (χ1n) is 13.1. The first-order valence-corrected chi connectivity index (χ1v) is 13.1. The Balaban J connectivity index is 1.58. The Morgan fingerprint density at radius 2 is 1.81 bits per heavy atom. The first-order chi connectivity index (χ1) is 17.4. The molecular weight excluding hydrogens is 454 g/mol. The van der Waals surface area contributed by atoms with Gasteiger partial charge in [0, 0.05) is 23.6 Å². The summed E-state index contributed by atoms with van der Waals surface area (Å²) in [4.78, 5) is 30.9. The average molecular weight is 490 g/mol. The zero-order valence-corrected chi connectivity index (χ0v) is 21.3. The number of fused-ring (bicyclic) bond motifs is 3. The van der Waals surface area contributed by atoms with Crippen LogP contribution in [0.3, 0.4) is 0 Å². The van der Waals surface area contributed by atoms with Gasteiger partial charge in [-0.25, -0.2) is 9.78 Å². The van der Waals surface area contributed by atoms with Crippen LogP contribution in [-0.2, 0) is 22.4 Å². The molecule has 7 nitrogen and oxygen atoms in total. The van der Waals surface area contributed by atoms with Crippen LogP contribution in [0, 0.1) is 5.92 Å². The number of carbonyl (C=O) groups is 2. The minimum absolute atomic E-state index is 0.0374. The molecule has 36 heavy (non-hydrogen) atoms. The molecule has 1 saturated carbocycles. The fourth-order valence-corrected chi connectivity index (χ4v) is 6.23. The third-order valence-electron chi connectivity index (χ3n) is 8.11. The summed E-state index contributed by atoms with van der Waals surface area (Å²) in [6, 6.07) is 14.7. The van der Waals surface area contributed by atoms with Gasteiger partial charge in [-0.15, -0.1) is 0 Å². The third kappa shape index (κ3) is 4.36. The smallest absolute Gasteiger partial charge is 0.412 e.